The van der Waals surface area contributed by atoms with E-state index in [2.05, 4.69) is 38.4 Å². The summed E-state index contributed by atoms with van der Waals surface area (Å²) in [6, 6.07) is 5.68. The Balaban J connectivity index is 3.35. The molecule has 0 amide bonds. The molecule has 1 rings (SSSR count). The molecule has 6 heteroatoms. The number of hydrogen-bond donors (Lipinski definition) is 0. The molecule has 1 atom stereocenters. The first-order valence-electron chi connectivity index (χ1n) is 6.97. The van der Waals surface area contributed by atoms with Crippen LogP contribution in [0, 0.1) is 0 Å². The Morgan fingerprint density at radius 2 is 1.73 bits per heavy atom. The smallest absolute Gasteiger partial charge is 0.330 e. The molecule has 0 saturated heterocycles. The zero-order valence-electron chi connectivity index (χ0n) is 12.9. The molecule has 0 aliphatic carbocycles. The van der Waals surface area contributed by atoms with Crippen molar-refractivity contribution in [1.82, 2.24) is 0 Å². The maximum absolute atomic E-state index is 11.6. The lowest BCUT2D eigenvalue weighted by molar-refractivity contribution is -0.289. The van der Waals surface area contributed by atoms with Gasteiger partial charge in [-0.2, -0.15) is 0 Å². The monoisotopic (exact) mass is 434 g/mol. The summed E-state index contributed by atoms with van der Waals surface area (Å²) in [4.78, 5) is 11.6. The molecule has 122 valence electrons. The van der Waals surface area contributed by atoms with Crippen LogP contribution >= 0.6 is 31.9 Å². The number of benzene rings is 1. The van der Waals surface area contributed by atoms with E-state index >= 15 is 0 Å². The molecule has 22 heavy (non-hydrogen) atoms. The molecule has 0 saturated carbocycles. The van der Waals surface area contributed by atoms with E-state index in [4.69, 9.17) is 14.2 Å². The molecule has 4 nitrogen and oxygen atoms in total. The fraction of sp³-hybridized carbons (Fsp3) is 0.438. The van der Waals surface area contributed by atoms with Gasteiger partial charge in [-0.3, -0.25) is 0 Å². The zero-order chi connectivity index (χ0) is 16.8. The van der Waals surface area contributed by atoms with Gasteiger partial charge in [-0.1, -0.05) is 38.4 Å². The number of halogens is 2. The van der Waals surface area contributed by atoms with Crippen LogP contribution in [-0.4, -0.2) is 25.3 Å². The number of rotatable bonds is 8. The second-order valence-corrected chi connectivity index (χ2v) is 6.31. The summed E-state index contributed by atoms with van der Waals surface area (Å²) < 4.78 is 18.9. The summed E-state index contributed by atoms with van der Waals surface area (Å²) in [6.45, 7) is 9.69. The second-order valence-electron chi connectivity index (χ2n) is 4.47. The highest BCUT2D eigenvalue weighted by Gasteiger charge is 2.43. The van der Waals surface area contributed by atoms with Gasteiger partial charge in [0.2, 0.25) is 5.79 Å². The van der Waals surface area contributed by atoms with Gasteiger partial charge in [0.15, 0.2) is 6.10 Å². The average molecular weight is 436 g/mol. The number of carbonyl (C=O) groups is 1. The third-order valence-corrected chi connectivity index (χ3v) is 3.89. The Morgan fingerprint density at radius 1 is 1.23 bits per heavy atom. The van der Waals surface area contributed by atoms with E-state index in [1.807, 2.05) is 32.0 Å². The molecular formula is C16H20Br2O4. The van der Waals surface area contributed by atoms with Crippen LogP contribution in [0.3, 0.4) is 0 Å². The number of ether oxygens (including phenoxy) is 3. The molecule has 0 spiro atoms. The topological polar surface area (TPSA) is 44.8 Å². The molecule has 1 aromatic rings. The van der Waals surface area contributed by atoms with Gasteiger partial charge < -0.3 is 14.2 Å². The van der Waals surface area contributed by atoms with Crippen LogP contribution in [0.25, 0.3) is 0 Å². The molecule has 0 N–H and O–H groups in total. The van der Waals surface area contributed by atoms with E-state index in [1.54, 1.807) is 6.92 Å². The van der Waals surface area contributed by atoms with E-state index in [0.29, 0.717) is 13.2 Å². The standard InChI is InChI=1S/C16H20Br2O4/c1-5-15(19)22-11(4)16(20-6-2,21-7-3)12-8-13(17)10-14(18)9-12/h5,8-11H,1,6-7H2,2-4H3. The summed E-state index contributed by atoms with van der Waals surface area (Å²) in [7, 11) is 0. The van der Waals surface area contributed by atoms with E-state index in [9.17, 15) is 4.79 Å². The van der Waals surface area contributed by atoms with E-state index in [-0.39, 0.29) is 0 Å². The van der Waals surface area contributed by atoms with Crippen LogP contribution in [-0.2, 0) is 24.8 Å². The molecule has 0 fully saturated rings. The van der Waals surface area contributed by atoms with E-state index in [0.717, 1.165) is 20.6 Å². The van der Waals surface area contributed by atoms with Crippen molar-refractivity contribution in [3.8, 4) is 0 Å². The van der Waals surface area contributed by atoms with Crippen molar-refractivity contribution < 1.29 is 19.0 Å². The molecule has 0 aromatic heterocycles. The SMILES string of the molecule is C=CC(=O)OC(C)C(OCC)(OCC)c1cc(Br)cc(Br)c1. The predicted molar refractivity (Wildman–Crippen MR) is 92.5 cm³/mol. The van der Waals surface area contributed by atoms with Gasteiger partial charge in [0.25, 0.3) is 0 Å². The molecular weight excluding hydrogens is 416 g/mol. The van der Waals surface area contributed by atoms with Crippen molar-refractivity contribution >= 4 is 37.8 Å². The van der Waals surface area contributed by atoms with Crippen LogP contribution < -0.4 is 0 Å². The van der Waals surface area contributed by atoms with Gasteiger partial charge in [0, 0.05) is 33.8 Å². The van der Waals surface area contributed by atoms with Gasteiger partial charge >= 0.3 is 5.97 Å². The molecule has 0 aliphatic rings. The lowest BCUT2D eigenvalue weighted by atomic mass is 10.00. The fourth-order valence-electron chi connectivity index (χ4n) is 2.16. The number of hydrogen-bond acceptors (Lipinski definition) is 4. The molecule has 1 aromatic carbocycles. The first-order chi connectivity index (χ1) is 10.4. The maximum atomic E-state index is 11.6. The van der Waals surface area contributed by atoms with Crippen molar-refractivity contribution in [2.24, 2.45) is 0 Å². The van der Waals surface area contributed by atoms with Gasteiger partial charge in [-0.25, -0.2) is 4.79 Å². The number of carbonyl (C=O) groups excluding carboxylic acids is 1. The average Bonchev–Trinajstić information content (AvgIpc) is 2.45. The highest BCUT2D eigenvalue weighted by atomic mass is 79.9. The van der Waals surface area contributed by atoms with Crippen LogP contribution in [0.1, 0.15) is 26.3 Å². The second kappa shape index (κ2) is 8.82. The van der Waals surface area contributed by atoms with Gasteiger partial charge in [-0.05, 0) is 39.0 Å². The van der Waals surface area contributed by atoms with Crippen LogP contribution in [0.5, 0.6) is 0 Å². The molecule has 0 heterocycles. The predicted octanol–water partition coefficient (Wildman–Crippen LogP) is 4.56. The summed E-state index contributed by atoms with van der Waals surface area (Å²) in [5.41, 5.74) is 0.752. The lowest BCUT2D eigenvalue weighted by Gasteiger charge is -2.38. The summed E-state index contributed by atoms with van der Waals surface area (Å²) in [5, 5.41) is 0. The summed E-state index contributed by atoms with van der Waals surface area (Å²) >= 11 is 6.91. The fourth-order valence-corrected chi connectivity index (χ4v) is 3.46. The Kier molecular flexibility index (Phi) is 7.76. The van der Waals surface area contributed by atoms with Crippen LogP contribution in [0.4, 0.5) is 0 Å². The zero-order valence-corrected chi connectivity index (χ0v) is 16.1. The Bertz CT molecular complexity index is 505. The molecule has 0 bridgehead atoms. The number of esters is 1. The van der Waals surface area contributed by atoms with E-state index in [1.165, 1.54) is 0 Å². The third-order valence-electron chi connectivity index (χ3n) is 2.98. The highest BCUT2D eigenvalue weighted by Crippen LogP contribution is 2.36. The maximum Gasteiger partial charge on any atom is 0.330 e. The quantitative estimate of drug-likeness (QED) is 0.341. The van der Waals surface area contributed by atoms with Crippen molar-refractivity contribution in [2.45, 2.75) is 32.7 Å². The first kappa shape index (κ1) is 19.4. The Labute approximate surface area is 148 Å². The van der Waals surface area contributed by atoms with Gasteiger partial charge in [0.1, 0.15) is 0 Å². The molecule has 0 aliphatic heterocycles. The largest absolute Gasteiger partial charge is 0.453 e. The minimum absolute atomic E-state index is 0.403. The third kappa shape index (κ3) is 4.65. The van der Waals surface area contributed by atoms with Gasteiger partial charge in [0.05, 0.1) is 0 Å². The van der Waals surface area contributed by atoms with Crippen molar-refractivity contribution in [1.29, 1.82) is 0 Å². The lowest BCUT2D eigenvalue weighted by Crippen LogP contribution is -2.45. The normalized spacial score (nSPS) is 12.8. The molecule has 0 radical (unpaired) electrons. The summed E-state index contributed by atoms with van der Waals surface area (Å²) in [6.07, 6.45) is 0.467. The van der Waals surface area contributed by atoms with Crippen molar-refractivity contribution in [3.05, 3.63) is 45.4 Å². The van der Waals surface area contributed by atoms with Crippen molar-refractivity contribution in [3.63, 3.8) is 0 Å². The van der Waals surface area contributed by atoms with Gasteiger partial charge in [-0.15, -0.1) is 0 Å². The van der Waals surface area contributed by atoms with Crippen LogP contribution in [0.2, 0.25) is 0 Å². The van der Waals surface area contributed by atoms with E-state index < -0.39 is 17.9 Å². The summed E-state index contributed by atoms with van der Waals surface area (Å²) in [5.74, 6) is -1.71. The Hall–Kier alpha value is -0.690. The minimum atomic E-state index is -1.19. The highest BCUT2D eigenvalue weighted by molar-refractivity contribution is 9.11. The minimum Gasteiger partial charge on any atom is -0.453 e. The van der Waals surface area contributed by atoms with Crippen LogP contribution in [0.15, 0.2) is 39.8 Å². The first-order valence-corrected chi connectivity index (χ1v) is 8.55. The molecule has 1 unspecified atom stereocenters. The van der Waals surface area contributed by atoms with Crippen molar-refractivity contribution in [2.75, 3.05) is 13.2 Å². The Morgan fingerprint density at radius 3 is 2.14 bits per heavy atom.